The first-order valence-corrected chi connectivity index (χ1v) is 8.53. The maximum Gasteiger partial charge on any atom is 0.329 e. The molecule has 1 aromatic carbocycles. The number of amides is 1. The average molecular weight is 400 g/mol. The van der Waals surface area contributed by atoms with Gasteiger partial charge in [-0.1, -0.05) is 12.1 Å². The first kappa shape index (κ1) is 22.0. The molecule has 1 aliphatic heterocycles. The van der Waals surface area contributed by atoms with E-state index in [1.807, 2.05) is 0 Å². The molecule has 1 aliphatic rings. The molecule has 11 heteroatoms. The largest absolute Gasteiger partial charge is 0.508 e. The topological polar surface area (TPSA) is 203 Å². The summed E-state index contributed by atoms with van der Waals surface area (Å²) in [6.07, 6.45) is -8.15. The summed E-state index contributed by atoms with van der Waals surface area (Å²) in [5.41, 5.74) is 6.43. The van der Waals surface area contributed by atoms with Crippen LogP contribution in [0.2, 0.25) is 0 Å². The molecule has 2 rings (SSSR count). The summed E-state index contributed by atoms with van der Waals surface area (Å²) in [7, 11) is 0. The van der Waals surface area contributed by atoms with Gasteiger partial charge < -0.3 is 46.4 Å². The van der Waals surface area contributed by atoms with Crippen LogP contribution in [-0.2, 0) is 20.7 Å². The van der Waals surface area contributed by atoms with Crippen molar-refractivity contribution >= 4 is 11.9 Å². The second-order valence-corrected chi connectivity index (χ2v) is 6.60. The van der Waals surface area contributed by atoms with Gasteiger partial charge in [0.05, 0.1) is 12.6 Å². The highest BCUT2D eigenvalue weighted by Gasteiger charge is 2.49. The van der Waals surface area contributed by atoms with Gasteiger partial charge in [-0.05, 0) is 24.1 Å². The molecule has 0 radical (unpaired) electrons. The Labute approximate surface area is 160 Å². The van der Waals surface area contributed by atoms with Crippen LogP contribution in [-0.4, -0.2) is 91.7 Å². The van der Waals surface area contributed by atoms with E-state index < -0.39 is 61.1 Å². The number of rotatable bonds is 7. The molecule has 0 aromatic heterocycles. The van der Waals surface area contributed by atoms with Crippen molar-refractivity contribution in [2.75, 3.05) is 6.61 Å². The highest BCUT2D eigenvalue weighted by Crippen LogP contribution is 2.23. The lowest BCUT2D eigenvalue weighted by molar-refractivity contribution is -0.236. The van der Waals surface area contributed by atoms with Crippen molar-refractivity contribution in [1.29, 1.82) is 0 Å². The van der Waals surface area contributed by atoms with Gasteiger partial charge in [0.1, 0.15) is 36.3 Å². The molecule has 11 nitrogen and oxygen atoms in total. The van der Waals surface area contributed by atoms with Crippen LogP contribution in [0, 0.1) is 0 Å². The summed E-state index contributed by atoms with van der Waals surface area (Å²) in [5, 5.41) is 59.7. The minimum absolute atomic E-state index is 0.0373. The summed E-state index contributed by atoms with van der Waals surface area (Å²) >= 11 is 0. The quantitative estimate of drug-likeness (QED) is 0.229. The fraction of sp³-hybridized carbons (Fsp3) is 0.529. The van der Waals surface area contributed by atoms with Gasteiger partial charge in [-0.3, -0.25) is 4.79 Å². The summed E-state index contributed by atoms with van der Waals surface area (Å²) in [5.74, 6) is -2.37. The molecule has 0 bridgehead atoms. The van der Waals surface area contributed by atoms with Crippen molar-refractivity contribution < 1.29 is 45.0 Å². The van der Waals surface area contributed by atoms with Crippen molar-refractivity contribution in [3.05, 3.63) is 29.8 Å². The zero-order valence-corrected chi connectivity index (χ0v) is 14.8. The maximum absolute atomic E-state index is 12.3. The van der Waals surface area contributed by atoms with Crippen LogP contribution in [0.15, 0.2) is 24.3 Å². The summed E-state index contributed by atoms with van der Waals surface area (Å²) in [4.78, 5) is 23.9. The van der Waals surface area contributed by atoms with Crippen molar-refractivity contribution in [3.8, 4) is 5.75 Å². The summed E-state index contributed by atoms with van der Waals surface area (Å²) < 4.78 is 5.19. The van der Waals surface area contributed by atoms with E-state index in [0.717, 1.165) is 0 Å². The SMILES string of the molecule is N[C@@H](Cc1ccc(O)cc1)C(=O)N[C@H](C(=O)O)[C@@H]1O[C@H](CO)[C@H](O)[C@H](O)[C@H]1O. The molecule has 156 valence electrons. The van der Waals surface area contributed by atoms with Crippen LogP contribution in [0.1, 0.15) is 5.56 Å². The third-order valence-corrected chi connectivity index (χ3v) is 4.55. The fourth-order valence-corrected chi connectivity index (χ4v) is 2.93. The van der Waals surface area contributed by atoms with E-state index in [1.165, 1.54) is 12.1 Å². The Kier molecular flexibility index (Phi) is 7.29. The molecule has 28 heavy (non-hydrogen) atoms. The Morgan fingerprint density at radius 2 is 1.71 bits per heavy atom. The maximum atomic E-state index is 12.3. The normalized spacial score (nSPS) is 29.7. The number of phenolic OH excluding ortho intramolecular Hbond substituents is 1. The number of benzene rings is 1. The molecular formula is C17H24N2O9. The average Bonchev–Trinajstić information content (AvgIpc) is 2.66. The number of nitrogens with two attached hydrogens (primary N) is 1. The van der Waals surface area contributed by atoms with E-state index >= 15 is 0 Å². The molecule has 1 saturated heterocycles. The van der Waals surface area contributed by atoms with Gasteiger partial charge in [-0.25, -0.2) is 4.79 Å². The van der Waals surface area contributed by atoms with Crippen molar-refractivity contribution in [2.45, 2.75) is 49.0 Å². The number of aromatic hydroxyl groups is 1. The molecule has 0 aliphatic carbocycles. The number of aliphatic hydroxyl groups is 4. The number of aliphatic hydroxyl groups excluding tert-OH is 4. The molecule has 1 fully saturated rings. The molecule has 0 spiro atoms. The number of hydrogen-bond acceptors (Lipinski definition) is 9. The molecular weight excluding hydrogens is 376 g/mol. The van der Waals surface area contributed by atoms with E-state index in [4.69, 9.17) is 10.5 Å². The number of carboxylic acids is 1. The third-order valence-electron chi connectivity index (χ3n) is 4.55. The fourth-order valence-electron chi connectivity index (χ4n) is 2.93. The van der Waals surface area contributed by atoms with Crippen LogP contribution < -0.4 is 11.1 Å². The first-order valence-electron chi connectivity index (χ1n) is 8.53. The second kappa shape index (κ2) is 9.28. The Hall–Kier alpha value is -2.28. The number of ether oxygens (including phenoxy) is 1. The van der Waals surface area contributed by atoms with Crippen LogP contribution >= 0.6 is 0 Å². The zero-order chi connectivity index (χ0) is 21.0. The second-order valence-electron chi connectivity index (χ2n) is 6.60. The number of hydrogen-bond donors (Lipinski definition) is 8. The van der Waals surface area contributed by atoms with Gasteiger partial charge in [-0.15, -0.1) is 0 Å². The standard InChI is InChI=1S/C17H24N2O9/c18-9(5-7-1-3-8(21)4-2-7)16(25)19-11(17(26)27)15-14(24)13(23)12(22)10(6-20)28-15/h1-4,9-15,20-24H,5-6,18H2,(H,19,25)(H,26,27)/t9-,10+,11-,12-,13-,14+,15-/m0/s1. The van der Waals surface area contributed by atoms with Gasteiger partial charge in [-0.2, -0.15) is 0 Å². The summed E-state index contributed by atoms with van der Waals surface area (Å²) in [6.45, 7) is -0.734. The Bertz CT molecular complexity index is 682. The Morgan fingerprint density at radius 1 is 1.11 bits per heavy atom. The number of carbonyl (C=O) groups excluding carboxylic acids is 1. The van der Waals surface area contributed by atoms with Crippen LogP contribution in [0.3, 0.4) is 0 Å². The smallest absolute Gasteiger partial charge is 0.329 e. The van der Waals surface area contributed by atoms with E-state index in [2.05, 4.69) is 5.32 Å². The third kappa shape index (κ3) is 4.95. The van der Waals surface area contributed by atoms with Gasteiger partial charge in [0.25, 0.3) is 0 Å². The monoisotopic (exact) mass is 400 g/mol. The van der Waals surface area contributed by atoms with Crippen LogP contribution in [0.25, 0.3) is 0 Å². The van der Waals surface area contributed by atoms with Gasteiger partial charge in [0.2, 0.25) is 5.91 Å². The lowest BCUT2D eigenvalue weighted by atomic mass is 9.91. The molecule has 0 unspecified atom stereocenters. The predicted octanol–water partition coefficient (Wildman–Crippen LogP) is -3.33. The number of carbonyl (C=O) groups is 2. The molecule has 7 atom stereocenters. The highest BCUT2D eigenvalue weighted by atomic mass is 16.5. The van der Waals surface area contributed by atoms with E-state index in [9.17, 15) is 40.2 Å². The lowest BCUT2D eigenvalue weighted by Gasteiger charge is -2.42. The Morgan fingerprint density at radius 3 is 2.25 bits per heavy atom. The minimum atomic E-state index is -1.83. The molecule has 1 aromatic rings. The zero-order valence-electron chi connectivity index (χ0n) is 14.8. The van der Waals surface area contributed by atoms with Gasteiger partial charge >= 0.3 is 5.97 Å². The van der Waals surface area contributed by atoms with Gasteiger partial charge in [0.15, 0.2) is 6.04 Å². The van der Waals surface area contributed by atoms with Crippen LogP contribution in [0.5, 0.6) is 5.75 Å². The lowest BCUT2D eigenvalue weighted by Crippen LogP contribution is -2.66. The number of aliphatic carboxylic acids is 1. The molecule has 1 amide bonds. The predicted molar refractivity (Wildman–Crippen MR) is 93.1 cm³/mol. The minimum Gasteiger partial charge on any atom is -0.508 e. The molecule has 1 heterocycles. The molecule has 0 saturated carbocycles. The highest BCUT2D eigenvalue weighted by molar-refractivity contribution is 5.87. The summed E-state index contributed by atoms with van der Waals surface area (Å²) in [6, 6.07) is 2.99. The molecule has 9 N–H and O–H groups in total. The van der Waals surface area contributed by atoms with Crippen molar-refractivity contribution in [2.24, 2.45) is 5.73 Å². The van der Waals surface area contributed by atoms with Crippen molar-refractivity contribution in [1.82, 2.24) is 5.32 Å². The Balaban J connectivity index is 2.09. The van der Waals surface area contributed by atoms with E-state index in [-0.39, 0.29) is 12.2 Å². The van der Waals surface area contributed by atoms with Crippen molar-refractivity contribution in [3.63, 3.8) is 0 Å². The number of nitrogens with one attached hydrogen (secondary N) is 1. The van der Waals surface area contributed by atoms with Gasteiger partial charge in [0, 0.05) is 0 Å². The number of carboxylic acid groups (broad SMARTS) is 1. The van der Waals surface area contributed by atoms with E-state index in [0.29, 0.717) is 5.56 Å². The van der Waals surface area contributed by atoms with E-state index in [1.54, 1.807) is 12.1 Å². The first-order chi connectivity index (χ1) is 13.1. The van der Waals surface area contributed by atoms with Crippen LogP contribution in [0.4, 0.5) is 0 Å². The number of phenols is 1.